The van der Waals surface area contributed by atoms with Crippen LogP contribution in [-0.4, -0.2) is 37.6 Å². The Morgan fingerprint density at radius 1 is 1.43 bits per heavy atom. The summed E-state index contributed by atoms with van der Waals surface area (Å²) in [5, 5.41) is 10.6. The molecule has 3 rings (SSSR count). The van der Waals surface area contributed by atoms with Crippen LogP contribution in [0.1, 0.15) is 30.3 Å². The lowest BCUT2D eigenvalue weighted by Gasteiger charge is -2.34. The summed E-state index contributed by atoms with van der Waals surface area (Å²) in [5.41, 5.74) is 1.23. The average molecular weight is 286 g/mol. The number of aliphatic hydroxyl groups is 1. The molecule has 3 heterocycles. The molecular weight excluding hydrogens is 264 g/mol. The largest absolute Gasteiger partial charge is 0.385 e. The van der Waals surface area contributed by atoms with Gasteiger partial charge in [0.1, 0.15) is 11.9 Å². The van der Waals surface area contributed by atoms with Crippen molar-refractivity contribution in [3.05, 3.63) is 48.3 Å². The molecule has 0 aromatic carbocycles. The van der Waals surface area contributed by atoms with Crippen molar-refractivity contribution in [3.63, 3.8) is 0 Å². The van der Waals surface area contributed by atoms with Gasteiger partial charge in [-0.2, -0.15) is 0 Å². The maximum Gasteiger partial charge on any atom is 0.137 e. The lowest BCUT2D eigenvalue weighted by Crippen LogP contribution is -2.37. The van der Waals surface area contributed by atoms with Gasteiger partial charge in [-0.15, -0.1) is 0 Å². The van der Waals surface area contributed by atoms with Gasteiger partial charge >= 0.3 is 0 Å². The topological polar surface area (TPSA) is 54.2 Å². The summed E-state index contributed by atoms with van der Waals surface area (Å²) in [6, 6.07) is 4.07. The van der Waals surface area contributed by atoms with E-state index in [2.05, 4.69) is 20.9 Å². The summed E-state index contributed by atoms with van der Waals surface area (Å²) in [4.78, 5) is 10.9. The van der Waals surface area contributed by atoms with Gasteiger partial charge in [0, 0.05) is 50.8 Å². The summed E-state index contributed by atoms with van der Waals surface area (Å²) < 4.78 is 1.91. The SMILES string of the molecule is Cn1ccnc1C(O)C1CCCN(Cc2cccnc2)C1. The summed E-state index contributed by atoms with van der Waals surface area (Å²) in [5.74, 6) is 1.01. The second-order valence-electron chi connectivity index (χ2n) is 5.84. The highest BCUT2D eigenvalue weighted by Crippen LogP contribution is 2.29. The zero-order chi connectivity index (χ0) is 14.7. The summed E-state index contributed by atoms with van der Waals surface area (Å²) in [7, 11) is 1.93. The van der Waals surface area contributed by atoms with Gasteiger partial charge in [-0.05, 0) is 31.0 Å². The van der Waals surface area contributed by atoms with E-state index in [1.165, 1.54) is 5.56 Å². The van der Waals surface area contributed by atoms with Crippen LogP contribution in [0.3, 0.4) is 0 Å². The van der Waals surface area contributed by atoms with Crippen molar-refractivity contribution in [1.82, 2.24) is 19.4 Å². The van der Waals surface area contributed by atoms with Crippen molar-refractivity contribution in [2.75, 3.05) is 13.1 Å². The van der Waals surface area contributed by atoms with E-state index in [-0.39, 0.29) is 5.92 Å². The fraction of sp³-hybridized carbons (Fsp3) is 0.500. The molecular formula is C16H22N4O. The summed E-state index contributed by atoms with van der Waals surface area (Å²) in [6.07, 6.45) is 9.03. The van der Waals surface area contributed by atoms with Crippen molar-refractivity contribution in [1.29, 1.82) is 0 Å². The van der Waals surface area contributed by atoms with Crippen LogP contribution in [0.4, 0.5) is 0 Å². The lowest BCUT2D eigenvalue weighted by atomic mass is 9.91. The van der Waals surface area contributed by atoms with Crippen LogP contribution in [-0.2, 0) is 13.6 Å². The lowest BCUT2D eigenvalue weighted by molar-refractivity contribution is 0.0404. The fourth-order valence-electron chi connectivity index (χ4n) is 3.12. The number of rotatable bonds is 4. The minimum atomic E-state index is -0.485. The van der Waals surface area contributed by atoms with Crippen molar-refractivity contribution < 1.29 is 5.11 Å². The molecule has 1 N–H and O–H groups in total. The fourth-order valence-corrected chi connectivity index (χ4v) is 3.12. The number of piperidine rings is 1. The standard InChI is InChI=1S/C16H22N4O/c1-19-9-7-18-16(19)15(21)14-5-3-8-20(12-14)11-13-4-2-6-17-10-13/h2,4,6-7,9-10,14-15,21H,3,5,8,11-12H2,1H3. The summed E-state index contributed by atoms with van der Waals surface area (Å²) in [6.45, 7) is 2.89. The first-order chi connectivity index (χ1) is 10.2. The van der Waals surface area contributed by atoms with Crippen molar-refractivity contribution in [2.45, 2.75) is 25.5 Å². The predicted octanol–water partition coefficient (Wildman–Crippen LogP) is 1.76. The average Bonchev–Trinajstić information content (AvgIpc) is 2.94. The zero-order valence-electron chi connectivity index (χ0n) is 12.4. The molecule has 112 valence electrons. The van der Waals surface area contributed by atoms with Crippen LogP contribution in [0.5, 0.6) is 0 Å². The molecule has 0 spiro atoms. The zero-order valence-corrected chi connectivity index (χ0v) is 12.4. The van der Waals surface area contributed by atoms with Crippen molar-refractivity contribution >= 4 is 0 Å². The molecule has 1 aliphatic heterocycles. The Labute approximate surface area is 125 Å². The Morgan fingerprint density at radius 3 is 3.05 bits per heavy atom. The number of hydrogen-bond donors (Lipinski definition) is 1. The molecule has 0 saturated carbocycles. The maximum absolute atomic E-state index is 10.6. The minimum absolute atomic E-state index is 0.247. The number of aryl methyl sites for hydroxylation is 1. The molecule has 2 aromatic heterocycles. The Bertz CT molecular complexity index is 569. The molecule has 2 atom stereocenters. The number of aliphatic hydroxyl groups excluding tert-OH is 1. The molecule has 5 nitrogen and oxygen atoms in total. The van der Waals surface area contributed by atoms with E-state index in [1.54, 1.807) is 12.4 Å². The highest BCUT2D eigenvalue weighted by molar-refractivity contribution is 5.08. The minimum Gasteiger partial charge on any atom is -0.385 e. The molecule has 1 saturated heterocycles. The highest BCUT2D eigenvalue weighted by atomic mass is 16.3. The molecule has 1 aliphatic rings. The first kappa shape index (κ1) is 14.2. The number of imidazole rings is 1. The van der Waals surface area contributed by atoms with Crippen molar-refractivity contribution in [2.24, 2.45) is 13.0 Å². The first-order valence-corrected chi connectivity index (χ1v) is 7.50. The Morgan fingerprint density at radius 2 is 2.33 bits per heavy atom. The van der Waals surface area contributed by atoms with E-state index >= 15 is 0 Å². The molecule has 21 heavy (non-hydrogen) atoms. The Hall–Kier alpha value is -1.72. The normalized spacial score (nSPS) is 21.3. The quantitative estimate of drug-likeness (QED) is 0.930. The predicted molar refractivity (Wildman–Crippen MR) is 80.4 cm³/mol. The van der Waals surface area contributed by atoms with Crippen LogP contribution < -0.4 is 0 Å². The third-order valence-corrected chi connectivity index (χ3v) is 4.24. The Balaban J connectivity index is 1.64. The van der Waals surface area contributed by atoms with Crippen LogP contribution in [0.2, 0.25) is 0 Å². The van der Waals surface area contributed by atoms with E-state index in [0.29, 0.717) is 0 Å². The maximum atomic E-state index is 10.6. The van der Waals surface area contributed by atoms with Gasteiger partial charge in [-0.1, -0.05) is 6.07 Å². The van der Waals surface area contributed by atoms with Gasteiger partial charge in [0.05, 0.1) is 0 Å². The molecule has 1 fully saturated rings. The van der Waals surface area contributed by atoms with E-state index < -0.39 is 6.10 Å². The second kappa shape index (κ2) is 6.37. The smallest absolute Gasteiger partial charge is 0.137 e. The van der Waals surface area contributed by atoms with Gasteiger partial charge in [0.2, 0.25) is 0 Å². The first-order valence-electron chi connectivity index (χ1n) is 7.50. The molecule has 2 unspecified atom stereocenters. The monoisotopic (exact) mass is 286 g/mol. The van der Waals surface area contributed by atoms with E-state index in [4.69, 9.17) is 0 Å². The molecule has 0 bridgehead atoms. The summed E-state index contributed by atoms with van der Waals surface area (Å²) >= 11 is 0. The van der Waals surface area contributed by atoms with E-state index in [9.17, 15) is 5.11 Å². The molecule has 0 aliphatic carbocycles. The van der Waals surface area contributed by atoms with Gasteiger partial charge in [-0.25, -0.2) is 4.98 Å². The van der Waals surface area contributed by atoms with Crippen LogP contribution in [0.15, 0.2) is 36.9 Å². The van der Waals surface area contributed by atoms with Crippen molar-refractivity contribution in [3.8, 4) is 0 Å². The molecule has 0 radical (unpaired) electrons. The number of nitrogens with zero attached hydrogens (tertiary/aromatic N) is 4. The number of aromatic nitrogens is 3. The van der Waals surface area contributed by atoms with Gasteiger partial charge in [0.15, 0.2) is 0 Å². The van der Waals surface area contributed by atoms with Gasteiger partial charge in [0.25, 0.3) is 0 Å². The molecule has 5 heteroatoms. The van der Waals surface area contributed by atoms with E-state index in [0.717, 1.165) is 38.3 Å². The van der Waals surface area contributed by atoms with Crippen LogP contribution in [0, 0.1) is 5.92 Å². The van der Waals surface area contributed by atoms with Crippen LogP contribution in [0.25, 0.3) is 0 Å². The van der Waals surface area contributed by atoms with Gasteiger partial charge in [-0.3, -0.25) is 9.88 Å². The Kier molecular flexibility index (Phi) is 4.31. The van der Waals surface area contributed by atoms with E-state index in [1.807, 2.05) is 30.1 Å². The highest BCUT2D eigenvalue weighted by Gasteiger charge is 2.29. The number of hydrogen-bond acceptors (Lipinski definition) is 4. The molecule has 2 aromatic rings. The van der Waals surface area contributed by atoms with Gasteiger partial charge < -0.3 is 9.67 Å². The third kappa shape index (κ3) is 3.31. The number of likely N-dealkylation sites (tertiary alicyclic amines) is 1. The van der Waals surface area contributed by atoms with Crippen LogP contribution >= 0.6 is 0 Å². The number of pyridine rings is 1. The second-order valence-corrected chi connectivity index (χ2v) is 5.84. The molecule has 0 amide bonds. The third-order valence-electron chi connectivity index (χ3n) is 4.24.